The normalized spacial score (nSPS) is 12.6. The second-order valence-electron chi connectivity index (χ2n) is 7.86. The molecule has 0 aliphatic carbocycles. The van der Waals surface area contributed by atoms with Crippen molar-refractivity contribution in [2.75, 3.05) is 0 Å². The maximum atomic E-state index is 2.38. The molecule has 0 heterocycles. The molecule has 0 radical (unpaired) electrons. The Labute approximate surface area is 201 Å². The van der Waals surface area contributed by atoms with Crippen LogP contribution < -0.4 is 21.2 Å². The van der Waals surface area contributed by atoms with Crippen molar-refractivity contribution in [1.82, 2.24) is 0 Å². The average molecular weight is 486 g/mol. The van der Waals surface area contributed by atoms with Gasteiger partial charge in [-0.1, -0.05) is 96.3 Å². The summed E-state index contributed by atoms with van der Waals surface area (Å²) in [6.07, 6.45) is 0. The zero-order valence-electron chi connectivity index (χ0n) is 18.8. The van der Waals surface area contributed by atoms with E-state index in [9.17, 15) is 0 Å². The van der Waals surface area contributed by atoms with Gasteiger partial charge in [0.15, 0.2) is 0 Å². The van der Waals surface area contributed by atoms with Crippen LogP contribution in [0.3, 0.4) is 0 Å². The molecule has 0 fully saturated rings. The van der Waals surface area contributed by atoms with Crippen molar-refractivity contribution in [2.45, 2.75) is 39.0 Å². The fourth-order valence-electron chi connectivity index (χ4n) is 3.74. The number of hydrogen-bond donors (Lipinski definition) is 0. The Hall–Kier alpha value is -1.48. The molecule has 0 aromatic heterocycles. The molecule has 0 nitrogen and oxygen atoms in total. The molecule has 0 aliphatic rings. The quantitative estimate of drug-likeness (QED) is 0.166. The molecule has 0 saturated heterocycles. The Bertz CT molecular complexity index is 873. The summed E-state index contributed by atoms with van der Waals surface area (Å²) in [6, 6.07) is 39.2. The van der Waals surface area contributed by atoms with Crippen molar-refractivity contribution < 1.29 is 17.1 Å². The van der Waals surface area contributed by atoms with Crippen LogP contribution in [0.15, 0.2) is 109 Å². The van der Waals surface area contributed by atoms with E-state index in [0.717, 1.165) is 0 Å². The van der Waals surface area contributed by atoms with Crippen LogP contribution in [-0.2, 0) is 17.1 Å². The number of benzene rings is 2. The Morgan fingerprint density at radius 2 is 1.10 bits per heavy atom. The van der Waals surface area contributed by atoms with E-state index in [0.29, 0.717) is 11.3 Å². The third kappa shape index (κ3) is 7.00. The first-order chi connectivity index (χ1) is 14.6. The smallest absolute Gasteiger partial charge is 0 e. The fraction of sp³-hybridized carbons (Fsp3) is 0.214. The van der Waals surface area contributed by atoms with Gasteiger partial charge in [-0.2, -0.15) is 6.07 Å². The van der Waals surface area contributed by atoms with Crippen LogP contribution in [0.1, 0.15) is 27.7 Å². The molecule has 31 heavy (non-hydrogen) atoms. The average Bonchev–Trinajstić information content (AvgIpc) is 3.46. The molecule has 0 amide bonds. The predicted molar refractivity (Wildman–Crippen MR) is 140 cm³/mol. The molecule has 0 N–H and O–H groups in total. The predicted octanol–water partition coefficient (Wildman–Crippen LogP) is 6.49. The van der Waals surface area contributed by atoms with Gasteiger partial charge >= 0.3 is 0 Å². The first kappa shape index (κ1) is 25.8. The molecular weight excluding hydrogens is 454 g/mol. The summed E-state index contributed by atoms with van der Waals surface area (Å²) < 4.78 is 0. The van der Waals surface area contributed by atoms with Gasteiger partial charge in [0.05, 0.1) is 0 Å². The van der Waals surface area contributed by atoms with Crippen LogP contribution in [0.5, 0.6) is 0 Å². The zero-order valence-corrected chi connectivity index (χ0v) is 21.7. The van der Waals surface area contributed by atoms with E-state index in [1.807, 2.05) is 30.3 Å². The minimum Gasteiger partial charge on any atom is -0.748 e. The van der Waals surface area contributed by atoms with Crippen LogP contribution in [0.2, 0.25) is 0 Å². The van der Waals surface area contributed by atoms with Crippen LogP contribution in [0, 0.1) is 0 Å². The Balaban J connectivity index is 0.000000501. The summed E-state index contributed by atoms with van der Waals surface area (Å²) in [7, 11) is -0.650. The van der Waals surface area contributed by atoms with Crippen molar-refractivity contribution in [2.24, 2.45) is 0 Å². The Kier molecular flexibility index (Phi) is 10.9. The van der Waals surface area contributed by atoms with Gasteiger partial charge in [-0.15, -0.1) is 18.5 Å². The third-order valence-corrected chi connectivity index (χ3v) is 10.7. The minimum absolute atomic E-state index is 0. The summed E-state index contributed by atoms with van der Waals surface area (Å²) in [5.74, 6) is 0. The molecule has 4 aromatic rings. The number of rotatable bonds is 6. The molecular formula is C28H32FeP2-6. The molecule has 0 bridgehead atoms. The van der Waals surface area contributed by atoms with E-state index in [1.54, 1.807) is 10.6 Å². The SMILES string of the molecule is CC(C)P(c1ccccc1)c1ccc[c-]1P(c1ccccc1)C(C)C.[Fe].[cH-]1[cH-][cH-][cH-][cH-]1. The van der Waals surface area contributed by atoms with Gasteiger partial charge in [0, 0.05) is 17.1 Å². The summed E-state index contributed by atoms with van der Waals surface area (Å²) in [4.78, 5) is 0. The van der Waals surface area contributed by atoms with E-state index in [-0.39, 0.29) is 32.9 Å². The van der Waals surface area contributed by atoms with Gasteiger partial charge in [-0.25, -0.2) is 12.1 Å². The zero-order chi connectivity index (χ0) is 21.3. The first-order valence-electron chi connectivity index (χ1n) is 10.7. The van der Waals surface area contributed by atoms with Crippen molar-refractivity contribution in [3.05, 3.63) is 109 Å². The Morgan fingerprint density at radius 1 is 0.613 bits per heavy atom. The van der Waals surface area contributed by atoms with Crippen molar-refractivity contribution in [3.63, 3.8) is 0 Å². The molecule has 0 aliphatic heterocycles. The fourth-order valence-corrected chi connectivity index (χ4v) is 9.37. The molecule has 168 valence electrons. The first-order valence-corrected chi connectivity index (χ1v) is 13.5. The van der Waals surface area contributed by atoms with Crippen LogP contribution in [-0.4, -0.2) is 11.3 Å². The van der Waals surface area contributed by atoms with Crippen molar-refractivity contribution in [3.8, 4) is 0 Å². The summed E-state index contributed by atoms with van der Waals surface area (Å²) in [5, 5.41) is 6.15. The maximum Gasteiger partial charge on any atom is 0 e. The van der Waals surface area contributed by atoms with E-state index >= 15 is 0 Å². The van der Waals surface area contributed by atoms with Crippen molar-refractivity contribution >= 4 is 37.1 Å². The van der Waals surface area contributed by atoms with E-state index in [4.69, 9.17) is 0 Å². The maximum absolute atomic E-state index is 2.38. The van der Waals surface area contributed by atoms with Crippen LogP contribution in [0.25, 0.3) is 0 Å². The van der Waals surface area contributed by atoms with Gasteiger partial charge in [-0.3, -0.25) is 0 Å². The molecule has 3 heteroatoms. The third-order valence-electron chi connectivity index (χ3n) is 4.95. The monoisotopic (exact) mass is 486 g/mol. The summed E-state index contributed by atoms with van der Waals surface area (Å²) in [5.41, 5.74) is 1.27. The van der Waals surface area contributed by atoms with Gasteiger partial charge in [0.2, 0.25) is 0 Å². The molecule has 2 unspecified atom stereocenters. The van der Waals surface area contributed by atoms with Crippen LogP contribution >= 0.6 is 15.8 Å². The molecule has 4 aromatic carbocycles. The minimum atomic E-state index is -0.325. The Morgan fingerprint density at radius 3 is 1.55 bits per heavy atom. The molecule has 0 spiro atoms. The van der Waals surface area contributed by atoms with Crippen molar-refractivity contribution in [1.29, 1.82) is 0 Å². The standard InChI is InChI=1S/C23H27P2.C5H5.Fe/c1-18(2)24(20-12-7-5-8-13-20)22-16-11-17-23(22)25(19(3)4)21-14-9-6-10-15-21;1-2-4-5-3-1;/h5-19H,1-4H3;1-5H;/q-1;-5;. The van der Waals surface area contributed by atoms with Gasteiger partial charge < -0.3 is 30.3 Å². The van der Waals surface area contributed by atoms with Crippen LogP contribution in [0.4, 0.5) is 0 Å². The summed E-state index contributed by atoms with van der Waals surface area (Å²) >= 11 is 0. The molecule has 2 atom stereocenters. The van der Waals surface area contributed by atoms with Gasteiger partial charge in [0.1, 0.15) is 0 Å². The van der Waals surface area contributed by atoms with E-state index in [2.05, 4.69) is 107 Å². The second-order valence-corrected chi connectivity index (χ2v) is 13.4. The topological polar surface area (TPSA) is 0 Å². The number of hydrogen-bond acceptors (Lipinski definition) is 0. The van der Waals surface area contributed by atoms with Gasteiger partial charge in [-0.05, 0) is 21.9 Å². The molecule has 0 saturated carbocycles. The van der Waals surface area contributed by atoms with E-state index in [1.165, 1.54) is 10.6 Å². The second kappa shape index (κ2) is 13.2. The van der Waals surface area contributed by atoms with Gasteiger partial charge in [0.25, 0.3) is 0 Å². The molecule has 4 rings (SSSR count). The summed E-state index contributed by atoms with van der Waals surface area (Å²) in [6.45, 7) is 9.48. The van der Waals surface area contributed by atoms with E-state index < -0.39 is 0 Å². The largest absolute Gasteiger partial charge is 0.748 e.